The van der Waals surface area contributed by atoms with Gasteiger partial charge in [-0.05, 0) is 31.5 Å². The third-order valence-electron chi connectivity index (χ3n) is 4.62. The number of hydrogen-bond acceptors (Lipinski definition) is 3. The molecule has 1 amide bonds. The summed E-state index contributed by atoms with van der Waals surface area (Å²) in [5, 5.41) is 4.45. The van der Waals surface area contributed by atoms with E-state index in [0.29, 0.717) is 19.8 Å². The van der Waals surface area contributed by atoms with Crippen LogP contribution in [-0.4, -0.2) is 40.3 Å². The molecule has 2 heterocycles. The second-order valence-corrected chi connectivity index (χ2v) is 6.19. The Morgan fingerprint density at radius 1 is 1.33 bits per heavy atom. The van der Waals surface area contributed by atoms with Crippen molar-refractivity contribution in [2.24, 2.45) is 7.05 Å². The van der Waals surface area contributed by atoms with Crippen molar-refractivity contribution in [1.82, 2.24) is 14.7 Å². The van der Waals surface area contributed by atoms with Crippen LogP contribution < -0.4 is 0 Å². The number of ether oxygens (including phenoxy) is 1. The normalized spacial score (nSPS) is 18.0. The summed E-state index contributed by atoms with van der Waals surface area (Å²) in [5.74, 6) is -0.269. The molecule has 1 saturated heterocycles. The van der Waals surface area contributed by atoms with Crippen LogP contribution in [0.4, 0.5) is 4.39 Å². The fraction of sp³-hybridized carbons (Fsp3) is 0.444. The van der Waals surface area contributed by atoms with Crippen molar-refractivity contribution in [2.75, 3.05) is 19.8 Å². The standard InChI is InChI=1S/C18H22FN3O2/c1-12-18(13(2)21(3)20-12)16-11-24-9-8-22(16)17(23)10-14-4-6-15(19)7-5-14/h4-7,16H,8-11H2,1-3H3. The van der Waals surface area contributed by atoms with Crippen molar-refractivity contribution in [3.63, 3.8) is 0 Å². The maximum Gasteiger partial charge on any atom is 0.227 e. The molecule has 1 aliphatic heterocycles. The Morgan fingerprint density at radius 2 is 2.04 bits per heavy atom. The molecule has 2 aromatic rings. The molecule has 1 aliphatic rings. The molecule has 0 saturated carbocycles. The summed E-state index contributed by atoms with van der Waals surface area (Å²) in [6.07, 6.45) is 0.259. The number of rotatable bonds is 3. The van der Waals surface area contributed by atoms with Crippen LogP contribution in [0.2, 0.25) is 0 Å². The second-order valence-electron chi connectivity index (χ2n) is 6.19. The molecule has 24 heavy (non-hydrogen) atoms. The highest BCUT2D eigenvalue weighted by atomic mass is 19.1. The third kappa shape index (κ3) is 3.19. The highest BCUT2D eigenvalue weighted by Crippen LogP contribution is 2.29. The fourth-order valence-corrected chi connectivity index (χ4v) is 3.29. The van der Waals surface area contributed by atoms with Crippen molar-refractivity contribution in [1.29, 1.82) is 0 Å². The maximum atomic E-state index is 13.0. The van der Waals surface area contributed by atoms with Crippen molar-refractivity contribution in [2.45, 2.75) is 26.3 Å². The SMILES string of the molecule is Cc1nn(C)c(C)c1C1COCCN1C(=O)Cc1ccc(F)cc1. The molecule has 6 heteroatoms. The summed E-state index contributed by atoms with van der Waals surface area (Å²) in [6.45, 7) is 5.52. The molecule has 1 aromatic carbocycles. The van der Waals surface area contributed by atoms with Gasteiger partial charge in [0.05, 0.1) is 31.4 Å². The fourth-order valence-electron chi connectivity index (χ4n) is 3.29. The first kappa shape index (κ1) is 16.6. The molecule has 1 unspecified atom stereocenters. The maximum absolute atomic E-state index is 13.0. The van der Waals surface area contributed by atoms with Crippen molar-refractivity contribution < 1.29 is 13.9 Å². The molecule has 0 radical (unpaired) electrons. The van der Waals surface area contributed by atoms with Crippen LogP contribution in [0.15, 0.2) is 24.3 Å². The van der Waals surface area contributed by atoms with E-state index in [9.17, 15) is 9.18 Å². The Morgan fingerprint density at radius 3 is 2.67 bits per heavy atom. The number of carbonyl (C=O) groups excluding carboxylic acids is 1. The molecule has 0 bridgehead atoms. The van der Waals surface area contributed by atoms with Crippen LogP contribution in [0.5, 0.6) is 0 Å². The largest absolute Gasteiger partial charge is 0.377 e. The predicted molar refractivity (Wildman–Crippen MR) is 88.1 cm³/mol. The van der Waals surface area contributed by atoms with E-state index in [4.69, 9.17) is 4.74 Å². The third-order valence-corrected chi connectivity index (χ3v) is 4.62. The Hall–Kier alpha value is -2.21. The van der Waals surface area contributed by atoms with E-state index in [-0.39, 0.29) is 24.2 Å². The zero-order chi connectivity index (χ0) is 17.3. The molecule has 1 fully saturated rings. The Balaban J connectivity index is 1.84. The van der Waals surface area contributed by atoms with Gasteiger partial charge >= 0.3 is 0 Å². The summed E-state index contributed by atoms with van der Waals surface area (Å²) in [4.78, 5) is 14.7. The molecule has 128 valence electrons. The number of aromatic nitrogens is 2. The van der Waals surface area contributed by atoms with Gasteiger partial charge in [0.25, 0.3) is 0 Å². The Labute approximate surface area is 141 Å². The average molecular weight is 331 g/mol. The molecule has 0 aliphatic carbocycles. The van der Waals surface area contributed by atoms with Crippen LogP contribution in [-0.2, 0) is 23.0 Å². The van der Waals surface area contributed by atoms with Crippen molar-refractivity contribution in [3.05, 3.63) is 52.6 Å². The minimum absolute atomic E-state index is 0.0255. The minimum Gasteiger partial charge on any atom is -0.377 e. The number of carbonyl (C=O) groups is 1. The molecular weight excluding hydrogens is 309 g/mol. The summed E-state index contributed by atoms with van der Waals surface area (Å²) in [6, 6.07) is 5.95. The zero-order valence-corrected chi connectivity index (χ0v) is 14.3. The van der Waals surface area contributed by atoms with Gasteiger partial charge < -0.3 is 9.64 Å². The van der Waals surface area contributed by atoms with Gasteiger partial charge in [0.1, 0.15) is 5.82 Å². The van der Waals surface area contributed by atoms with E-state index >= 15 is 0 Å². The first-order valence-electron chi connectivity index (χ1n) is 8.09. The lowest BCUT2D eigenvalue weighted by Crippen LogP contribution is -2.44. The molecule has 5 nitrogen and oxygen atoms in total. The summed E-state index contributed by atoms with van der Waals surface area (Å²) in [7, 11) is 1.90. The van der Waals surface area contributed by atoms with Crippen molar-refractivity contribution >= 4 is 5.91 Å². The molecular formula is C18H22FN3O2. The van der Waals surface area contributed by atoms with Crippen LogP contribution >= 0.6 is 0 Å². The second kappa shape index (κ2) is 6.73. The number of hydrogen-bond donors (Lipinski definition) is 0. The van der Waals surface area contributed by atoms with Gasteiger partial charge in [0.15, 0.2) is 0 Å². The zero-order valence-electron chi connectivity index (χ0n) is 14.3. The van der Waals surface area contributed by atoms with Gasteiger partial charge in [-0.25, -0.2) is 4.39 Å². The molecule has 0 spiro atoms. The average Bonchev–Trinajstić information content (AvgIpc) is 2.82. The number of benzene rings is 1. The van der Waals surface area contributed by atoms with E-state index in [2.05, 4.69) is 5.10 Å². The molecule has 0 N–H and O–H groups in total. The lowest BCUT2D eigenvalue weighted by atomic mass is 10.0. The van der Waals surface area contributed by atoms with Crippen LogP contribution in [0.1, 0.15) is 28.6 Å². The number of aryl methyl sites for hydroxylation is 2. The minimum atomic E-state index is -0.294. The number of halogens is 1. The monoisotopic (exact) mass is 331 g/mol. The summed E-state index contributed by atoms with van der Waals surface area (Å²) >= 11 is 0. The van der Waals surface area contributed by atoms with Gasteiger partial charge in [0, 0.05) is 24.8 Å². The van der Waals surface area contributed by atoms with Gasteiger partial charge in [0.2, 0.25) is 5.91 Å². The van der Waals surface area contributed by atoms with E-state index in [1.807, 2.05) is 30.5 Å². The van der Waals surface area contributed by atoms with E-state index in [0.717, 1.165) is 22.5 Å². The highest BCUT2D eigenvalue weighted by Gasteiger charge is 2.32. The van der Waals surface area contributed by atoms with E-state index in [1.165, 1.54) is 12.1 Å². The van der Waals surface area contributed by atoms with Crippen LogP contribution in [0, 0.1) is 19.7 Å². The van der Waals surface area contributed by atoms with E-state index in [1.54, 1.807) is 12.1 Å². The lowest BCUT2D eigenvalue weighted by molar-refractivity contribution is -0.139. The summed E-state index contributed by atoms with van der Waals surface area (Å²) in [5.41, 5.74) is 3.84. The Bertz CT molecular complexity index is 739. The summed E-state index contributed by atoms with van der Waals surface area (Å²) < 4.78 is 20.5. The molecule has 1 atom stereocenters. The van der Waals surface area contributed by atoms with Crippen LogP contribution in [0.25, 0.3) is 0 Å². The smallest absolute Gasteiger partial charge is 0.227 e. The van der Waals surface area contributed by atoms with Gasteiger partial charge in [-0.2, -0.15) is 5.10 Å². The first-order valence-corrected chi connectivity index (χ1v) is 8.09. The number of morpholine rings is 1. The highest BCUT2D eigenvalue weighted by molar-refractivity contribution is 5.79. The topological polar surface area (TPSA) is 47.4 Å². The molecule has 3 rings (SSSR count). The van der Waals surface area contributed by atoms with Crippen LogP contribution in [0.3, 0.4) is 0 Å². The lowest BCUT2D eigenvalue weighted by Gasteiger charge is -2.36. The molecule has 1 aromatic heterocycles. The quantitative estimate of drug-likeness (QED) is 0.867. The van der Waals surface area contributed by atoms with Gasteiger partial charge in [-0.3, -0.25) is 9.48 Å². The Kier molecular flexibility index (Phi) is 4.66. The van der Waals surface area contributed by atoms with E-state index < -0.39 is 0 Å². The first-order chi connectivity index (χ1) is 11.5. The number of amides is 1. The predicted octanol–water partition coefficient (Wildman–Crippen LogP) is 2.32. The van der Waals surface area contributed by atoms with Gasteiger partial charge in [-0.15, -0.1) is 0 Å². The van der Waals surface area contributed by atoms with Crippen molar-refractivity contribution in [3.8, 4) is 0 Å². The number of nitrogens with zero attached hydrogens (tertiary/aromatic N) is 3. The van der Waals surface area contributed by atoms with Gasteiger partial charge in [-0.1, -0.05) is 12.1 Å².